The molecule has 2 aromatic carbocycles. The average Bonchev–Trinajstić information content (AvgIpc) is 2.92. The summed E-state index contributed by atoms with van der Waals surface area (Å²) >= 11 is 0. The molecule has 11 nitrogen and oxygen atoms in total. The van der Waals surface area contributed by atoms with Crippen LogP contribution in [0.3, 0.4) is 0 Å². The molecule has 2 N–H and O–H groups in total. The molecule has 0 aromatic heterocycles. The molecule has 9 atom stereocenters. The zero-order chi connectivity index (χ0) is 28.6. The second-order valence-electron chi connectivity index (χ2n) is 9.77. The Hall–Kier alpha value is -2.90. The van der Waals surface area contributed by atoms with Crippen molar-refractivity contribution in [3.8, 4) is 0 Å². The van der Waals surface area contributed by atoms with Gasteiger partial charge in [-0.2, -0.15) is 0 Å². The molecule has 0 saturated carbocycles. The number of ether oxygens (including phenoxy) is 7. The third-order valence-corrected chi connectivity index (χ3v) is 6.63. The number of aliphatic hydroxyl groups is 2. The molecule has 218 valence electrons. The number of carbonyl (C=O) groups excluding carboxylic acids is 2. The summed E-state index contributed by atoms with van der Waals surface area (Å²) < 4.78 is 40.6. The van der Waals surface area contributed by atoms with E-state index in [1.54, 1.807) is 6.92 Å². The highest BCUT2D eigenvalue weighted by atomic mass is 16.7. The zero-order valence-electron chi connectivity index (χ0n) is 22.7. The van der Waals surface area contributed by atoms with E-state index in [1.165, 1.54) is 13.8 Å². The van der Waals surface area contributed by atoms with Crippen LogP contribution in [-0.4, -0.2) is 84.1 Å². The summed E-state index contributed by atoms with van der Waals surface area (Å²) in [5.74, 6) is -1.30. The van der Waals surface area contributed by atoms with Crippen LogP contribution in [0.2, 0.25) is 0 Å². The molecular weight excluding hydrogens is 524 g/mol. The molecule has 0 radical (unpaired) electrons. The highest BCUT2D eigenvalue weighted by Gasteiger charge is 2.51. The van der Waals surface area contributed by atoms with E-state index < -0.39 is 67.2 Å². The Bertz CT molecular complexity index is 1030. The van der Waals surface area contributed by atoms with Crippen molar-refractivity contribution in [3.63, 3.8) is 0 Å². The molecule has 40 heavy (non-hydrogen) atoms. The van der Waals surface area contributed by atoms with E-state index in [1.807, 2.05) is 60.7 Å². The summed E-state index contributed by atoms with van der Waals surface area (Å²) in [5, 5.41) is 22.0. The van der Waals surface area contributed by atoms with Crippen LogP contribution in [-0.2, 0) is 56.0 Å². The average molecular weight is 561 g/mol. The van der Waals surface area contributed by atoms with Crippen LogP contribution in [0.4, 0.5) is 0 Å². The van der Waals surface area contributed by atoms with E-state index in [-0.39, 0.29) is 19.8 Å². The van der Waals surface area contributed by atoms with E-state index in [2.05, 4.69) is 0 Å². The maximum Gasteiger partial charge on any atom is 0.303 e. The molecule has 4 rings (SSSR count). The molecule has 0 spiro atoms. The molecule has 2 aliphatic rings. The largest absolute Gasteiger partial charge is 0.456 e. The number of carbonyl (C=O) groups is 2. The van der Waals surface area contributed by atoms with Gasteiger partial charge in [-0.1, -0.05) is 60.7 Å². The first-order valence-corrected chi connectivity index (χ1v) is 13.2. The fourth-order valence-electron chi connectivity index (χ4n) is 4.77. The Labute approximate surface area is 232 Å². The molecular formula is C29H36O11. The lowest BCUT2D eigenvalue weighted by atomic mass is 9.98. The van der Waals surface area contributed by atoms with Crippen molar-refractivity contribution in [1.82, 2.24) is 0 Å². The molecule has 0 amide bonds. The van der Waals surface area contributed by atoms with Crippen LogP contribution >= 0.6 is 0 Å². The Morgan fingerprint density at radius 2 is 1.35 bits per heavy atom. The summed E-state index contributed by atoms with van der Waals surface area (Å²) in [4.78, 5) is 23.3. The van der Waals surface area contributed by atoms with Crippen molar-refractivity contribution < 1.29 is 53.0 Å². The minimum absolute atomic E-state index is 0.143. The Balaban J connectivity index is 1.57. The summed E-state index contributed by atoms with van der Waals surface area (Å²) in [6.45, 7) is 4.28. The topological polar surface area (TPSA) is 139 Å². The van der Waals surface area contributed by atoms with Gasteiger partial charge in [-0.05, 0) is 18.1 Å². The van der Waals surface area contributed by atoms with Gasteiger partial charge in [-0.25, -0.2) is 0 Å². The minimum Gasteiger partial charge on any atom is -0.456 e. The molecule has 2 heterocycles. The minimum atomic E-state index is -1.53. The monoisotopic (exact) mass is 560 g/mol. The quantitative estimate of drug-likeness (QED) is 0.412. The lowest BCUT2D eigenvalue weighted by molar-refractivity contribution is -0.351. The van der Waals surface area contributed by atoms with Crippen molar-refractivity contribution in [2.24, 2.45) is 0 Å². The summed E-state index contributed by atoms with van der Waals surface area (Å²) in [5.41, 5.74) is 1.77. The molecule has 2 aromatic rings. The molecule has 0 aliphatic carbocycles. The highest BCUT2D eigenvalue weighted by molar-refractivity contribution is 5.67. The Morgan fingerprint density at radius 3 is 1.90 bits per heavy atom. The van der Waals surface area contributed by atoms with Gasteiger partial charge in [0.15, 0.2) is 24.8 Å². The van der Waals surface area contributed by atoms with Crippen molar-refractivity contribution in [2.45, 2.75) is 89.3 Å². The van der Waals surface area contributed by atoms with Gasteiger partial charge in [0.2, 0.25) is 0 Å². The first-order chi connectivity index (χ1) is 19.2. The summed E-state index contributed by atoms with van der Waals surface area (Å²) in [6, 6.07) is 18.9. The van der Waals surface area contributed by atoms with E-state index in [0.29, 0.717) is 0 Å². The van der Waals surface area contributed by atoms with Gasteiger partial charge < -0.3 is 43.4 Å². The fourth-order valence-corrected chi connectivity index (χ4v) is 4.77. The molecule has 2 fully saturated rings. The van der Waals surface area contributed by atoms with Gasteiger partial charge in [0.05, 0.1) is 25.9 Å². The second-order valence-corrected chi connectivity index (χ2v) is 9.77. The third kappa shape index (κ3) is 7.85. The number of hydrogen-bond donors (Lipinski definition) is 2. The van der Waals surface area contributed by atoms with Crippen molar-refractivity contribution in [3.05, 3.63) is 71.8 Å². The third-order valence-electron chi connectivity index (χ3n) is 6.63. The number of rotatable bonds is 10. The van der Waals surface area contributed by atoms with E-state index in [9.17, 15) is 19.8 Å². The maximum atomic E-state index is 11.8. The lowest BCUT2D eigenvalue weighted by Gasteiger charge is -2.46. The van der Waals surface area contributed by atoms with E-state index in [0.717, 1.165) is 11.1 Å². The van der Waals surface area contributed by atoms with Crippen LogP contribution in [0.1, 0.15) is 31.9 Å². The van der Waals surface area contributed by atoms with Gasteiger partial charge >= 0.3 is 11.9 Å². The van der Waals surface area contributed by atoms with Gasteiger partial charge in [-0.15, -0.1) is 0 Å². The van der Waals surface area contributed by atoms with Crippen LogP contribution in [0.15, 0.2) is 60.7 Å². The smallest absolute Gasteiger partial charge is 0.303 e. The second kappa shape index (κ2) is 14.1. The summed E-state index contributed by atoms with van der Waals surface area (Å²) in [6.07, 6.45) is -9.90. The van der Waals surface area contributed by atoms with Crippen molar-refractivity contribution in [2.75, 3.05) is 6.61 Å². The molecule has 11 heteroatoms. The van der Waals surface area contributed by atoms with E-state index in [4.69, 9.17) is 33.2 Å². The summed E-state index contributed by atoms with van der Waals surface area (Å²) in [7, 11) is 0. The molecule has 0 unspecified atom stereocenters. The predicted octanol–water partition coefficient (Wildman–Crippen LogP) is 1.86. The van der Waals surface area contributed by atoms with Gasteiger partial charge in [-0.3, -0.25) is 9.59 Å². The molecule has 0 bridgehead atoms. The van der Waals surface area contributed by atoms with Crippen LogP contribution in [0, 0.1) is 0 Å². The SMILES string of the molecule is CC(=O)O[C@@H]1[C@@H](O)[C@H](O[C@@H]2[C@@H](OCc3ccccc3)[C@@H](O)O[C@H](C)[C@H]2OCc2ccccc2)OC[C@H]1OC(C)=O. The van der Waals surface area contributed by atoms with Crippen molar-refractivity contribution >= 4 is 11.9 Å². The number of aliphatic hydroxyl groups excluding tert-OH is 2. The Kier molecular flexibility index (Phi) is 10.6. The highest BCUT2D eigenvalue weighted by Crippen LogP contribution is 2.32. The van der Waals surface area contributed by atoms with Gasteiger partial charge in [0.25, 0.3) is 0 Å². The molecule has 2 aliphatic heterocycles. The number of benzene rings is 2. The number of esters is 2. The van der Waals surface area contributed by atoms with E-state index >= 15 is 0 Å². The standard InChI is InChI=1S/C29H36O11/c1-17-24(34-14-20-10-6-4-7-11-20)26(27(28(33)37-17)35-15-21-12-8-5-9-13-21)40-29-23(32)25(39-19(3)31)22(16-36-29)38-18(2)30/h4-13,17,22-29,32-33H,14-16H2,1-3H3/t17-,22-,23-,24-,25+,26+,27-,28+,29+/m1/s1. The van der Waals surface area contributed by atoms with Crippen molar-refractivity contribution in [1.29, 1.82) is 0 Å². The van der Waals surface area contributed by atoms with Crippen LogP contribution in [0.5, 0.6) is 0 Å². The first kappa shape index (κ1) is 30.1. The number of hydrogen-bond acceptors (Lipinski definition) is 11. The normalized spacial score (nSPS) is 32.3. The lowest BCUT2D eigenvalue weighted by Crippen LogP contribution is -2.63. The van der Waals surface area contributed by atoms with Gasteiger partial charge in [0, 0.05) is 13.8 Å². The van der Waals surface area contributed by atoms with Crippen LogP contribution < -0.4 is 0 Å². The maximum absolute atomic E-state index is 11.8. The predicted molar refractivity (Wildman–Crippen MR) is 138 cm³/mol. The van der Waals surface area contributed by atoms with Gasteiger partial charge in [0.1, 0.15) is 24.4 Å². The first-order valence-electron chi connectivity index (χ1n) is 13.2. The molecule has 2 saturated heterocycles. The fraction of sp³-hybridized carbons (Fsp3) is 0.517. The van der Waals surface area contributed by atoms with Crippen LogP contribution in [0.25, 0.3) is 0 Å². The Morgan fingerprint density at radius 1 is 0.800 bits per heavy atom. The zero-order valence-corrected chi connectivity index (χ0v) is 22.7.